The summed E-state index contributed by atoms with van der Waals surface area (Å²) in [6.45, 7) is 0. The highest BCUT2D eigenvalue weighted by molar-refractivity contribution is 6.13. The topological polar surface area (TPSA) is 54.3 Å². The van der Waals surface area contributed by atoms with E-state index in [1.807, 2.05) is 29.9 Å². The van der Waals surface area contributed by atoms with E-state index in [1.54, 1.807) is 6.08 Å². The Kier molecular flexibility index (Phi) is 2.07. The van der Waals surface area contributed by atoms with Crippen LogP contribution in [0, 0.1) is 0 Å². The Morgan fingerprint density at radius 1 is 1.33 bits per heavy atom. The van der Waals surface area contributed by atoms with Gasteiger partial charge in [0.25, 0.3) is 5.91 Å². The van der Waals surface area contributed by atoms with Gasteiger partial charge in [0, 0.05) is 26.0 Å². The molecule has 0 unspecified atom stereocenters. The molecule has 1 aliphatic heterocycles. The van der Waals surface area contributed by atoms with Crippen LogP contribution in [0.5, 0.6) is 0 Å². The molecule has 1 aromatic heterocycles. The van der Waals surface area contributed by atoms with Gasteiger partial charge in [-0.05, 0) is 18.2 Å². The summed E-state index contributed by atoms with van der Waals surface area (Å²) in [6, 6.07) is 3.35. The van der Waals surface area contributed by atoms with Gasteiger partial charge in [-0.15, -0.1) is 0 Å². The van der Waals surface area contributed by atoms with E-state index in [4.69, 9.17) is 0 Å². The van der Waals surface area contributed by atoms with Crippen molar-refractivity contribution in [2.45, 2.75) is 0 Å². The molecule has 5 heteroatoms. The summed E-state index contributed by atoms with van der Waals surface area (Å²) in [6.07, 6.45) is 3.53. The van der Waals surface area contributed by atoms with Crippen molar-refractivity contribution < 1.29 is 9.59 Å². The third-order valence-electron chi connectivity index (χ3n) is 2.36. The summed E-state index contributed by atoms with van der Waals surface area (Å²) in [5.74, 6) is -0.304. The molecule has 15 heavy (non-hydrogen) atoms. The first-order valence-electron chi connectivity index (χ1n) is 4.51. The van der Waals surface area contributed by atoms with E-state index in [-0.39, 0.29) is 11.9 Å². The summed E-state index contributed by atoms with van der Waals surface area (Å²) in [4.78, 5) is 23.7. The van der Waals surface area contributed by atoms with Gasteiger partial charge >= 0.3 is 6.03 Å². The van der Waals surface area contributed by atoms with E-state index in [2.05, 4.69) is 5.32 Å². The van der Waals surface area contributed by atoms with Crippen molar-refractivity contribution in [1.82, 2.24) is 14.8 Å². The molecule has 0 atom stereocenters. The Balaban J connectivity index is 2.34. The van der Waals surface area contributed by atoms with Gasteiger partial charge in [0.15, 0.2) is 0 Å². The highest BCUT2D eigenvalue weighted by Gasteiger charge is 2.29. The van der Waals surface area contributed by atoms with Crippen LogP contribution in [0.25, 0.3) is 6.08 Å². The van der Waals surface area contributed by atoms with Crippen LogP contribution < -0.4 is 5.32 Å². The van der Waals surface area contributed by atoms with Crippen molar-refractivity contribution in [2.24, 2.45) is 7.05 Å². The average Bonchev–Trinajstić information content (AvgIpc) is 2.69. The highest BCUT2D eigenvalue weighted by atomic mass is 16.2. The molecule has 1 aromatic rings. The maximum atomic E-state index is 11.5. The van der Waals surface area contributed by atoms with Gasteiger partial charge in [0.05, 0.1) is 0 Å². The smallest absolute Gasteiger partial charge is 0.328 e. The van der Waals surface area contributed by atoms with Gasteiger partial charge in [-0.2, -0.15) is 0 Å². The zero-order valence-corrected chi connectivity index (χ0v) is 8.52. The van der Waals surface area contributed by atoms with Crippen molar-refractivity contribution in [2.75, 3.05) is 7.05 Å². The average molecular weight is 205 g/mol. The maximum absolute atomic E-state index is 11.5. The van der Waals surface area contributed by atoms with Crippen LogP contribution in [-0.4, -0.2) is 28.5 Å². The second-order valence-corrected chi connectivity index (χ2v) is 3.40. The molecule has 2 rings (SSSR count). The number of nitrogens with one attached hydrogen (secondary N) is 1. The number of hydrogen-bond acceptors (Lipinski definition) is 2. The molecular formula is C10H11N3O2. The van der Waals surface area contributed by atoms with E-state index in [0.717, 1.165) is 10.6 Å². The van der Waals surface area contributed by atoms with Crippen LogP contribution in [0.1, 0.15) is 5.69 Å². The molecule has 3 amide bonds. The molecular weight excluding hydrogens is 194 g/mol. The van der Waals surface area contributed by atoms with Gasteiger partial charge < -0.3 is 9.88 Å². The van der Waals surface area contributed by atoms with E-state index in [0.29, 0.717) is 5.70 Å². The minimum absolute atomic E-state index is 0.304. The minimum atomic E-state index is -0.388. The van der Waals surface area contributed by atoms with Crippen LogP contribution in [0.4, 0.5) is 4.79 Å². The quantitative estimate of drug-likeness (QED) is 0.537. The van der Waals surface area contributed by atoms with E-state index in [9.17, 15) is 9.59 Å². The lowest BCUT2D eigenvalue weighted by atomic mass is 10.3. The second-order valence-electron chi connectivity index (χ2n) is 3.40. The number of likely N-dealkylation sites (N-methyl/N-ethyl adjacent to an activating group) is 1. The molecule has 0 aliphatic carbocycles. The predicted molar refractivity (Wildman–Crippen MR) is 54.7 cm³/mol. The first-order chi connectivity index (χ1) is 7.09. The zero-order valence-electron chi connectivity index (χ0n) is 8.52. The largest absolute Gasteiger partial charge is 0.351 e. The fraction of sp³-hybridized carbons (Fsp3) is 0.200. The number of urea groups is 1. The molecule has 0 saturated carbocycles. The SMILES string of the molecule is CN1C(=O)N/C(=C/c2cccn2C)C1=O. The lowest BCUT2D eigenvalue weighted by Crippen LogP contribution is -2.25. The van der Waals surface area contributed by atoms with Crippen molar-refractivity contribution in [3.8, 4) is 0 Å². The van der Waals surface area contributed by atoms with Crippen LogP contribution in [0.3, 0.4) is 0 Å². The van der Waals surface area contributed by atoms with Gasteiger partial charge in [0.1, 0.15) is 5.70 Å². The fourth-order valence-corrected chi connectivity index (χ4v) is 1.40. The lowest BCUT2D eigenvalue weighted by Gasteiger charge is -2.00. The molecule has 2 heterocycles. The van der Waals surface area contributed by atoms with Gasteiger partial charge in [-0.25, -0.2) is 4.79 Å². The molecule has 1 saturated heterocycles. The summed E-state index contributed by atoms with van der Waals surface area (Å²) in [7, 11) is 3.32. The Hall–Kier alpha value is -2.04. The first-order valence-corrected chi connectivity index (χ1v) is 4.51. The Labute approximate surface area is 87.0 Å². The van der Waals surface area contributed by atoms with Crippen molar-refractivity contribution in [1.29, 1.82) is 0 Å². The number of rotatable bonds is 1. The number of hydrogen-bond donors (Lipinski definition) is 1. The Morgan fingerprint density at radius 3 is 2.53 bits per heavy atom. The number of amides is 3. The third-order valence-corrected chi connectivity index (χ3v) is 2.36. The summed E-state index contributed by atoms with van der Waals surface area (Å²) in [5, 5.41) is 2.50. The summed E-state index contributed by atoms with van der Waals surface area (Å²) >= 11 is 0. The molecule has 0 aromatic carbocycles. The van der Waals surface area contributed by atoms with Gasteiger partial charge in [-0.1, -0.05) is 0 Å². The Bertz CT molecular complexity index is 459. The number of carbonyl (C=O) groups is 2. The van der Waals surface area contributed by atoms with Crippen molar-refractivity contribution >= 4 is 18.0 Å². The van der Waals surface area contributed by atoms with Crippen molar-refractivity contribution in [3.63, 3.8) is 0 Å². The van der Waals surface area contributed by atoms with Gasteiger partial charge in [-0.3, -0.25) is 9.69 Å². The lowest BCUT2D eigenvalue weighted by molar-refractivity contribution is -0.121. The molecule has 1 N–H and O–H groups in total. The number of imide groups is 1. The highest BCUT2D eigenvalue weighted by Crippen LogP contribution is 2.12. The minimum Gasteiger partial charge on any atom is -0.351 e. The number of nitrogens with zero attached hydrogens (tertiary/aromatic N) is 2. The predicted octanol–water partition coefficient (Wildman–Crippen LogP) is 0.548. The third kappa shape index (κ3) is 1.52. The first kappa shape index (κ1) is 9.51. The van der Waals surface area contributed by atoms with Crippen LogP contribution in [-0.2, 0) is 11.8 Å². The molecule has 78 valence electrons. The number of aryl methyl sites for hydroxylation is 1. The normalized spacial score (nSPS) is 18.8. The Morgan fingerprint density at radius 2 is 2.07 bits per heavy atom. The molecule has 1 fully saturated rings. The maximum Gasteiger partial charge on any atom is 0.328 e. The van der Waals surface area contributed by atoms with Crippen LogP contribution >= 0.6 is 0 Å². The van der Waals surface area contributed by atoms with Gasteiger partial charge in [0.2, 0.25) is 0 Å². The fourth-order valence-electron chi connectivity index (χ4n) is 1.40. The molecule has 0 radical (unpaired) electrons. The zero-order chi connectivity index (χ0) is 11.0. The van der Waals surface area contributed by atoms with E-state index >= 15 is 0 Å². The second kappa shape index (κ2) is 3.27. The standard InChI is InChI=1S/C10H11N3O2/c1-12-5-3-4-7(12)6-8-9(14)13(2)10(15)11-8/h3-6H,1-2H3,(H,11,15)/b8-6+. The number of aromatic nitrogens is 1. The molecule has 0 bridgehead atoms. The van der Waals surface area contributed by atoms with E-state index < -0.39 is 0 Å². The molecule has 0 spiro atoms. The van der Waals surface area contributed by atoms with E-state index in [1.165, 1.54) is 7.05 Å². The summed E-state index contributed by atoms with van der Waals surface area (Å²) in [5.41, 5.74) is 1.18. The van der Waals surface area contributed by atoms with Crippen molar-refractivity contribution in [3.05, 3.63) is 29.7 Å². The summed E-state index contributed by atoms with van der Waals surface area (Å²) < 4.78 is 1.87. The monoisotopic (exact) mass is 205 g/mol. The molecule has 1 aliphatic rings. The molecule has 5 nitrogen and oxygen atoms in total. The number of carbonyl (C=O) groups excluding carboxylic acids is 2. The van der Waals surface area contributed by atoms with Crippen LogP contribution in [0.2, 0.25) is 0 Å². The van der Waals surface area contributed by atoms with Crippen LogP contribution in [0.15, 0.2) is 24.0 Å².